The second-order valence-electron chi connectivity index (χ2n) is 8.24. The molecule has 0 fully saturated rings. The van der Waals surface area contributed by atoms with Gasteiger partial charge in [-0.3, -0.25) is 9.69 Å². The van der Waals surface area contributed by atoms with Crippen molar-refractivity contribution in [2.45, 2.75) is 32.5 Å². The number of fused-ring (bicyclic) bond motifs is 1. The molecule has 0 unspecified atom stereocenters. The number of ether oxygens (including phenoxy) is 2. The highest BCUT2D eigenvalue weighted by atomic mass is 16.5. The zero-order chi connectivity index (χ0) is 22.5. The number of carbonyl (C=O) groups is 1. The lowest BCUT2D eigenvalue weighted by atomic mass is 9.99. The van der Waals surface area contributed by atoms with E-state index in [0.717, 1.165) is 31.6 Å². The molecule has 0 radical (unpaired) electrons. The van der Waals surface area contributed by atoms with E-state index >= 15 is 0 Å². The van der Waals surface area contributed by atoms with E-state index < -0.39 is 0 Å². The second kappa shape index (κ2) is 9.88. The Kier molecular flexibility index (Phi) is 6.76. The van der Waals surface area contributed by atoms with Gasteiger partial charge >= 0.3 is 0 Å². The zero-order valence-electron chi connectivity index (χ0n) is 18.9. The molecular weight excluding hydrogens is 400 g/mol. The molecule has 1 N–H and O–H groups in total. The van der Waals surface area contributed by atoms with Gasteiger partial charge in [0.15, 0.2) is 11.5 Å². The number of hydrogen-bond donors (Lipinski definition) is 1. The van der Waals surface area contributed by atoms with Gasteiger partial charge in [0.25, 0.3) is 5.91 Å². The fraction of sp³-hybridized carbons (Fsp3) is 0.296. The molecule has 166 valence electrons. The Hall–Kier alpha value is -3.31. The number of hydrogen-bond acceptors (Lipinski definition) is 4. The fourth-order valence-electron chi connectivity index (χ4n) is 4.19. The second-order valence-corrected chi connectivity index (χ2v) is 8.24. The number of nitrogens with zero attached hydrogens (tertiary/aromatic N) is 1. The Bertz CT molecular complexity index is 1080. The van der Waals surface area contributed by atoms with Crippen LogP contribution >= 0.6 is 0 Å². The highest BCUT2D eigenvalue weighted by molar-refractivity contribution is 5.94. The number of methoxy groups -OCH3 is 2. The number of rotatable bonds is 7. The summed E-state index contributed by atoms with van der Waals surface area (Å²) < 4.78 is 10.7. The summed E-state index contributed by atoms with van der Waals surface area (Å²) in [5.41, 5.74) is 5.70. The van der Waals surface area contributed by atoms with Crippen molar-refractivity contribution in [1.82, 2.24) is 10.2 Å². The van der Waals surface area contributed by atoms with Gasteiger partial charge in [-0.15, -0.1) is 0 Å². The highest BCUT2D eigenvalue weighted by Crippen LogP contribution is 2.30. The first kappa shape index (κ1) is 21.9. The van der Waals surface area contributed by atoms with E-state index in [2.05, 4.69) is 46.6 Å². The van der Waals surface area contributed by atoms with Crippen molar-refractivity contribution in [1.29, 1.82) is 0 Å². The molecule has 1 atom stereocenters. The van der Waals surface area contributed by atoms with Gasteiger partial charge in [0.2, 0.25) is 0 Å². The molecule has 32 heavy (non-hydrogen) atoms. The number of benzene rings is 3. The smallest absolute Gasteiger partial charge is 0.251 e. The van der Waals surface area contributed by atoms with Crippen molar-refractivity contribution in [2.24, 2.45) is 0 Å². The van der Waals surface area contributed by atoms with Crippen molar-refractivity contribution < 1.29 is 14.3 Å². The summed E-state index contributed by atoms with van der Waals surface area (Å²) in [6.45, 7) is 4.88. The molecule has 0 bridgehead atoms. The highest BCUT2D eigenvalue weighted by Gasteiger charge is 2.17. The van der Waals surface area contributed by atoms with Crippen LogP contribution in [0.5, 0.6) is 11.5 Å². The lowest BCUT2D eigenvalue weighted by Crippen LogP contribution is -2.30. The van der Waals surface area contributed by atoms with E-state index in [1.54, 1.807) is 14.2 Å². The van der Waals surface area contributed by atoms with Crippen molar-refractivity contribution in [3.8, 4) is 11.5 Å². The molecule has 0 aliphatic carbocycles. The van der Waals surface area contributed by atoms with Gasteiger partial charge in [-0.25, -0.2) is 0 Å². The third-order valence-electron chi connectivity index (χ3n) is 6.09. The van der Waals surface area contributed by atoms with Gasteiger partial charge in [0.1, 0.15) is 0 Å². The standard InChI is InChI=1S/C27H30N2O3/c1-19(23-12-13-25(31-2)26(16-23)32-3)28-27(30)22-10-8-20(9-11-22)17-29-15-14-21-6-4-5-7-24(21)18-29/h4-13,16,19H,14-15,17-18H2,1-3H3,(H,28,30)/t19-/m0/s1. The Balaban J connectivity index is 1.36. The van der Waals surface area contributed by atoms with Crippen LogP contribution in [0.4, 0.5) is 0 Å². The minimum atomic E-state index is -0.157. The Morgan fingerprint density at radius 1 is 0.969 bits per heavy atom. The number of amides is 1. The Labute approximate surface area is 190 Å². The minimum Gasteiger partial charge on any atom is -0.493 e. The van der Waals surface area contributed by atoms with Crippen LogP contribution in [0.25, 0.3) is 0 Å². The average Bonchev–Trinajstić information content (AvgIpc) is 2.83. The van der Waals surface area contributed by atoms with Crippen molar-refractivity contribution in [3.05, 3.63) is 94.5 Å². The average molecular weight is 431 g/mol. The summed E-state index contributed by atoms with van der Waals surface area (Å²) in [5.74, 6) is 1.23. The zero-order valence-corrected chi connectivity index (χ0v) is 18.9. The van der Waals surface area contributed by atoms with Gasteiger partial charge in [0.05, 0.1) is 20.3 Å². The van der Waals surface area contributed by atoms with Gasteiger partial charge in [-0.05, 0) is 59.9 Å². The van der Waals surface area contributed by atoms with E-state index in [-0.39, 0.29) is 11.9 Å². The van der Waals surface area contributed by atoms with E-state index in [1.165, 1.54) is 16.7 Å². The first-order valence-electron chi connectivity index (χ1n) is 11.0. The summed E-state index contributed by atoms with van der Waals surface area (Å²) in [7, 11) is 3.21. The predicted molar refractivity (Wildman–Crippen MR) is 126 cm³/mol. The first-order chi connectivity index (χ1) is 15.6. The topological polar surface area (TPSA) is 50.8 Å². The Morgan fingerprint density at radius 2 is 1.69 bits per heavy atom. The summed E-state index contributed by atoms with van der Waals surface area (Å²) in [6, 6.07) is 22.1. The van der Waals surface area contributed by atoms with Crippen LogP contribution < -0.4 is 14.8 Å². The summed E-state index contributed by atoms with van der Waals surface area (Å²) in [6.07, 6.45) is 1.09. The maximum atomic E-state index is 12.8. The Morgan fingerprint density at radius 3 is 2.41 bits per heavy atom. The maximum Gasteiger partial charge on any atom is 0.251 e. The summed E-state index contributed by atoms with van der Waals surface area (Å²) in [4.78, 5) is 15.2. The van der Waals surface area contributed by atoms with Crippen molar-refractivity contribution >= 4 is 5.91 Å². The molecule has 1 aliphatic rings. The molecule has 0 saturated heterocycles. The van der Waals surface area contributed by atoms with Crippen molar-refractivity contribution in [2.75, 3.05) is 20.8 Å². The quantitative estimate of drug-likeness (QED) is 0.588. The van der Waals surface area contributed by atoms with Crippen LogP contribution in [0.2, 0.25) is 0 Å². The molecule has 5 heteroatoms. The molecule has 3 aromatic carbocycles. The minimum absolute atomic E-state index is 0.0919. The van der Waals surface area contributed by atoms with Gasteiger partial charge in [0, 0.05) is 25.2 Å². The molecule has 1 amide bonds. The lowest BCUT2D eigenvalue weighted by Gasteiger charge is -2.28. The first-order valence-corrected chi connectivity index (χ1v) is 11.0. The maximum absolute atomic E-state index is 12.8. The van der Waals surface area contributed by atoms with E-state index in [0.29, 0.717) is 17.1 Å². The monoisotopic (exact) mass is 430 g/mol. The third kappa shape index (κ3) is 4.94. The fourth-order valence-corrected chi connectivity index (χ4v) is 4.19. The van der Waals surface area contributed by atoms with Gasteiger partial charge < -0.3 is 14.8 Å². The largest absolute Gasteiger partial charge is 0.493 e. The van der Waals surface area contributed by atoms with Crippen LogP contribution in [0.1, 0.15) is 45.6 Å². The molecule has 1 heterocycles. The molecule has 0 spiro atoms. The predicted octanol–water partition coefficient (Wildman–Crippen LogP) is 4.75. The van der Waals surface area contributed by atoms with E-state index in [1.807, 2.05) is 37.3 Å². The lowest BCUT2D eigenvalue weighted by molar-refractivity contribution is 0.0940. The number of carbonyl (C=O) groups excluding carboxylic acids is 1. The molecule has 0 saturated carbocycles. The van der Waals surface area contributed by atoms with E-state index in [9.17, 15) is 4.79 Å². The van der Waals surface area contributed by atoms with Gasteiger partial charge in [-0.1, -0.05) is 42.5 Å². The molecule has 1 aliphatic heterocycles. The third-order valence-corrected chi connectivity index (χ3v) is 6.09. The normalized spacial score (nSPS) is 14.3. The van der Waals surface area contributed by atoms with Crippen molar-refractivity contribution in [3.63, 3.8) is 0 Å². The van der Waals surface area contributed by atoms with Crippen LogP contribution in [0.15, 0.2) is 66.7 Å². The van der Waals surface area contributed by atoms with E-state index in [4.69, 9.17) is 9.47 Å². The molecule has 4 rings (SSSR count). The van der Waals surface area contributed by atoms with Gasteiger partial charge in [-0.2, -0.15) is 0 Å². The van der Waals surface area contributed by atoms with Crippen LogP contribution in [0.3, 0.4) is 0 Å². The molecule has 3 aromatic rings. The van der Waals surface area contributed by atoms with Crippen LogP contribution in [0, 0.1) is 0 Å². The summed E-state index contributed by atoms with van der Waals surface area (Å²) in [5, 5.41) is 3.07. The summed E-state index contributed by atoms with van der Waals surface area (Å²) >= 11 is 0. The van der Waals surface area contributed by atoms with Crippen LogP contribution in [-0.2, 0) is 19.5 Å². The molecular formula is C27H30N2O3. The number of nitrogens with one attached hydrogen (secondary N) is 1. The molecule has 0 aromatic heterocycles. The SMILES string of the molecule is COc1ccc([C@H](C)NC(=O)c2ccc(CN3CCc4ccccc4C3)cc2)cc1OC. The molecule has 5 nitrogen and oxygen atoms in total. The van der Waals surface area contributed by atoms with Crippen LogP contribution in [-0.4, -0.2) is 31.6 Å².